The summed E-state index contributed by atoms with van der Waals surface area (Å²) >= 11 is 0. The molecule has 0 spiro atoms. The van der Waals surface area contributed by atoms with Crippen LogP contribution in [0, 0.1) is 0 Å². The fraction of sp³-hybridized carbons (Fsp3) is 0.556. The molecule has 0 atom stereocenters. The van der Waals surface area contributed by atoms with E-state index >= 15 is 0 Å². The molecule has 2 aromatic rings. The summed E-state index contributed by atoms with van der Waals surface area (Å²) in [4.78, 5) is 21.9. The SMILES string of the molecule is O=C(CN1CCCCCCOc2ccccc2Oc2ncccc2C1)NCCCN1CCCC1. The number of benzene rings is 1. The average molecular weight is 467 g/mol. The first-order chi connectivity index (χ1) is 16.8. The molecule has 0 unspecified atom stereocenters. The first-order valence-corrected chi connectivity index (χ1v) is 12.8. The number of para-hydroxylation sites is 2. The molecule has 34 heavy (non-hydrogen) atoms. The van der Waals surface area contributed by atoms with E-state index in [1.54, 1.807) is 6.20 Å². The highest BCUT2D eigenvalue weighted by Gasteiger charge is 2.17. The molecule has 7 heteroatoms. The number of ether oxygens (including phenoxy) is 2. The molecule has 1 aromatic carbocycles. The fourth-order valence-corrected chi connectivity index (χ4v) is 4.62. The van der Waals surface area contributed by atoms with E-state index in [2.05, 4.69) is 20.1 Å². The van der Waals surface area contributed by atoms with Gasteiger partial charge in [-0.25, -0.2) is 4.98 Å². The van der Waals surface area contributed by atoms with Gasteiger partial charge in [-0.05, 0) is 76.5 Å². The van der Waals surface area contributed by atoms with Crippen LogP contribution in [-0.2, 0) is 11.3 Å². The smallest absolute Gasteiger partial charge is 0.234 e. The minimum atomic E-state index is 0.0904. The number of carbonyl (C=O) groups excluding carboxylic acids is 1. The van der Waals surface area contributed by atoms with Gasteiger partial charge in [0.25, 0.3) is 0 Å². The van der Waals surface area contributed by atoms with E-state index in [0.29, 0.717) is 31.3 Å². The highest BCUT2D eigenvalue weighted by Crippen LogP contribution is 2.32. The third-order valence-corrected chi connectivity index (χ3v) is 6.47. The zero-order valence-corrected chi connectivity index (χ0v) is 20.2. The lowest BCUT2D eigenvalue weighted by Gasteiger charge is -2.23. The van der Waals surface area contributed by atoms with Crippen LogP contribution in [0.4, 0.5) is 0 Å². The van der Waals surface area contributed by atoms with Crippen molar-refractivity contribution in [3.8, 4) is 17.4 Å². The van der Waals surface area contributed by atoms with Gasteiger partial charge in [0.15, 0.2) is 11.5 Å². The highest BCUT2D eigenvalue weighted by atomic mass is 16.5. The van der Waals surface area contributed by atoms with Gasteiger partial charge in [0.1, 0.15) is 0 Å². The van der Waals surface area contributed by atoms with Crippen molar-refractivity contribution >= 4 is 5.91 Å². The van der Waals surface area contributed by atoms with Gasteiger partial charge in [-0.3, -0.25) is 9.69 Å². The molecule has 0 aliphatic carbocycles. The summed E-state index contributed by atoms with van der Waals surface area (Å²) in [5, 5.41) is 3.12. The Morgan fingerprint density at radius 3 is 2.56 bits per heavy atom. The molecule has 0 radical (unpaired) electrons. The molecule has 0 saturated carbocycles. The molecule has 7 nitrogen and oxygen atoms in total. The van der Waals surface area contributed by atoms with E-state index in [9.17, 15) is 4.79 Å². The van der Waals surface area contributed by atoms with E-state index in [4.69, 9.17) is 9.47 Å². The molecule has 2 aliphatic rings. The number of nitrogens with one attached hydrogen (secondary N) is 1. The van der Waals surface area contributed by atoms with Crippen molar-refractivity contribution in [2.24, 2.45) is 0 Å². The Balaban J connectivity index is 1.38. The second-order valence-electron chi connectivity index (χ2n) is 9.24. The zero-order chi connectivity index (χ0) is 23.4. The van der Waals surface area contributed by atoms with Crippen molar-refractivity contribution in [3.63, 3.8) is 0 Å². The molecular weight excluding hydrogens is 428 g/mol. The summed E-state index contributed by atoms with van der Waals surface area (Å²) in [7, 11) is 0. The highest BCUT2D eigenvalue weighted by molar-refractivity contribution is 5.78. The van der Waals surface area contributed by atoms with Crippen molar-refractivity contribution in [1.82, 2.24) is 20.1 Å². The van der Waals surface area contributed by atoms with Crippen LogP contribution in [0.5, 0.6) is 17.4 Å². The van der Waals surface area contributed by atoms with Crippen LogP contribution in [0.25, 0.3) is 0 Å². The number of likely N-dealkylation sites (tertiary alicyclic amines) is 1. The van der Waals surface area contributed by atoms with Crippen LogP contribution in [0.2, 0.25) is 0 Å². The van der Waals surface area contributed by atoms with Gasteiger partial charge >= 0.3 is 0 Å². The molecule has 4 rings (SSSR count). The van der Waals surface area contributed by atoms with Crippen LogP contribution in [0.3, 0.4) is 0 Å². The van der Waals surface area contributed by atoms with Crippen LogP contribution in [0.15, 0.2) is 42.6 Å². The van der Waals surface area contributed by atoms with E-state index < -0.39 is 0 Å². The largest absolute Gasteiger partial charge is 0.490 e. The van der Waals surface area contributed by atoms with Crippen molar-refractivity contribution in [2.45, 2.75) is 51.5 Å². The van der Waals surface area contributed by atoms with Crippen LogP contribution >= 0.6 is 0 Å². The Kier molecular flexibility index (Phi) is 9.58. The van der Waals surface area contributed by atoms with Crippen LogP contribution in [0.1, 0.15) is 50.5 Å². The van der Waals surface area contributed by atoms with Gasteiger partial charge in [0.2, 0.25) is 11.8 Å². The predicted octanol–water partition coefficient (Wildman–Crippen LogP) is 4.23. The second-order valence-corrected chi connectivity index (χ2v) is 9.24. The van der Waals surface area contributed by atoms with Gasteiger partial charge in [-0.15, -0.1) is 0 Å². The van der Waals surface area contributed by atoms with Gasteiger partial charge in [0, 0.05) is 24.8 Å². The van der Waals surface area contributed by atoms with Crippen molar-refractivity contribution in [3.05, 3.63) is 48.2 Å². The van der Waals surface area contributed by atoms with Crippen LogP contribution < -0.4 is 14.8 Å². The van der Waals surface area contributed by atoms with E-state index in [0.717, 1.165) is 63.1 Å². The Morgan fingerprint density at radius 2 is 1.68 bits per heavy atom. The number of hydrogen-bond donors (Lipinski definition) is 1. The topological polar surface area (TPSA) is 66.9 Å². The lowest BCUT2D eigenvalue weighted by Crippen LogP contribution is -2.38. The minimum absolute atomic E-state index is 0.0904. The molecule has 1 amide bonds. The molecule has 1 aromatic heterocycles. The quantitative estimate of drug-likeness (QED) is 0.643. The number of hydrogen-bond acceptors (Lipinski definition) is 6. The maximum absolute atomic E-state index is 12.7. The first-order valence-electron chi connectivity index (χ1n) is 12.8. The summed E-state index contributed by atoms with van der Waals surface area (Å²) in [6, 6.07) is 11.7. The summed E-state index contributed by atoms with van der Waals surface area (Å²) in [5.41, 5.74) is 0.969. The summed E-state index contributed by atoms with van der Waals surface area (Å²) in [6.07, 6.45) is 9.64. The summed E-state index contributed by atoms with van der Waals surface area (Å²) < 4.78 is 12.2. The number of rotatable bonds is 6. The summed E-state index contributed by atoms with van der Waals surface area (Å²) in [5.74, 6) is 2.06. The molecule has 0 bridgehead atoms. The van der Waals surface area contributed by atoms with E-state index in [1.165, 1.54) is 25.9 Å². The molecule has 1 saturated heterocycles. The maximum atomic E-state index is 12.7. The Bertz CT molecular complexity index is 901. The maximum Gasteiger partial charge on any atom is 0.234 e. The standard InChI is InChI=1S/C27H38N4O3/c32-26(28-15-10-19-30-16-6-7-17-30)22-31-18-5-1-2-8-20-33-24-12-3-4-13-25(24)34-27-23(21-31)11-9-14-29-27/h3-4,9,11-14H,1-2,5-8,10,15-22H2,(H,28,32). The van der Waals surface area contributed by atoms with Crippen molar-refractivity contribution in [1.29, 1.82) is 0 Å². The van der Waals surface area contributed by atoms with Gasteiger partial charge in [-0.1, -0.05) is 31.0 Å². The molecule has 2 aliphatic heterocycles. The molecule has 184 valence electrons. The number of carbonyl (C=O) groups is 1. The van der Waals surface area contributed by atoms with Gasteiger partial charge < -0.3 is 19.7 Å². The van der Waals surface area contributed by atoms with Crippen molar-refractivity contribution < 1.29 is 14.3 Å². The Hall–Kier alpha value is -2.64. The lowest BCUT2D eigenvalue weighted by atomic mass is 10.1. The normalized spacial score (nSPS) is 18.1. The van der Waals surface area contributed by atoms with Crippen LogP contribution in [-0.4, -0.2) is 66.6 Å². The number of pyridine rings is 1. The average Bonchev–Trinajstić information content (AvgIpc) is 3.36. The zero-order valence-electron chi connectivity index (χ0n) is 20.2. The van der Waals surface area contributed by atoms with Gasteiger partial charge in [-0.2, -0.15) is 0 Å². The predicted molar refractivity (Wildman–Crippen MR) is 133 cm³/mol. The number of nitrogens with zero attached hydrogens (tertiary/aromatic N) is 3. The fourth-order valence-electron chi connectivity index (χ4n) is 4.62. The minimum Gasteiger partial charge on any atom is -0.490 e. The summed E-state index contributed by atoms with van der Waals surface area (Å²) in [6.45, 7) is 6.76. The number of aromatic nitrogens is 1. The molecule has 1 N–H and O–H groups in total. The number of amides is 1. The Labute approximate surface area is 203 Å². The first kappa shape index (κ1) is 24.5. The molecular formula is C27H38N4O3. The third kappa shape index (κ3) is 7.71. The number of fused-ring (bicyclic) bond motifs is 2. The molecule has 3 heterocycles. The van der Waals surface area contributed by atoms with Gasteiger partial charge in [0.05, 0.1) is 13.2 Å². The third-order valence-electron chi connectivity index (χ3n) is 6.47. The van der Waals surface area contributed by atoms with Crippen molar-refractivity contribution in [2.75, 3.05) is 45.9 Å². The molecule has 1 fully saturated rings. The second kappa shape index (κ2) is 13.3. The monoisotopic (exact) mass is 466 g/mol. The van der Waals surface area contributed by atoms with E-state index in [1.807, 2.05) is 36.4 Å². The Morgan fingerprint density at radius 1 is 0.912 bits per heavy atom. The lowest BCUT2D eigenvalue weighted by molar-refractivity contribution is -0.122. The van der Waals surface area contributed by atoms with E-state index in [-0.39, 0.29) is 5.91 Å².